The Balaban J connectivity index is 1.32. The zero-order chi connectivity index (χ0) is 19.7. The van der Waals surface area contributed by atoms with Gasteiger partial charge in [0.2, 0.25) is 5.91 Å². The van der Waals surface area contributed by atoms with Gasteiger partial charge < -0.3 is 10.2 Å². The van der Waals surface area contributed by atoms with Gasteiger partial charge in [-0.3, -0.25) is 19.2 Å². The second kappa shape index (κ2) is 7.73. The van der Waals surface area contributed by atoms with E-state index in [2.05, 4.69) is 15.3 Å². The van der Waals surface area contributed by atoms with E-state index in [1.165, 1.54) is 11.3 Å². The van der Waals surface area contributed by atoms with E-state index in [1.807, 2.05) is 60.0 Å². The second-order valence-corrected chi connectivity index (χ2v) is 8.05. The molecule has 3 aromatic rings. The third-order valence-electron chi connectivity index (χ3n) is 4.99. The van der Waals surface area contributed by atoms with E-state index in [4.69, 9.17) is 0 Å². The van der Waals surface area contributed by atoms with E-state index < -0.39 is 0 Å². The molecule has 0 bridgehead atoms. The van der Waals surface area contributed by atoms with Crippen LogP contribution in [0.1, 0.15) is 15.4 Å². The van der Waals surface area contributed by atoms with Gasteiger partial charge in [-0.15, -0.1) is 11.3 Å². The van der Waals surface area contributed by atoms with Crippen LogP contribution in [0.3, 0.4) is 0 Å². The standard InChI is InChI=1S/C20H23N5O2S/c1-14-16-12-17(28-20(16)23(2)22-14)19(27)25-10-8-24(9-11-25)13-18(26)21-15-6-4-3-5-7-15/h3-7,12H,8-11,13H2,1-2H3,(H,21,26). The maximum Gasteiger partial charge on any atom is 0.264 e. The number of carbonyl (C=O) groups excluding carboxylic acids is 2. The molecule has 1 aliphatic heterocycles. The summed E-state index contributed by atoms with van der Waals surface area (Å²) >= 11 is 1.49. The Morgan fingerprint density at radius 2 is 1.86 bits per heavy atom. The molecule has 2 aromatic heterocycles. The number of piperazine rings is 1. The molecule has 146 valence electrons. The molecule has 0 saturated carbocycles. The predicted octanol–water partition coefficient (Wildman–Crippen LogP) is 2.34. The SMILES string of the molecule is Cc1nn(C)c2sc(C(=O)N3CCN(CC(=O)Nc4ccccc4)CC3)cc12. The molecule has 1 saturated heterocycles. The Morgan fingerprint density at radius 1 is 1.14 bits per heavy atom. The Morgan fingerprint density at radius 3 is 2.54 bits per heavy atom. The molecule has 8 heteroatoms. The van der Waals surface area contributed by atoms with Crippen molar-refractivity contribution in [3.63, 3.8) is 0 Å². The number of fused-ring (bicyclic) bond motifs is 1. The summed E-state index contributed by atoms with van der Waals surface area (Å²) in [6.45, 7) is 4.94. The third-order valence-corrected chi connectivity index (χ3v) is 6.18. The molecular weight excluding hydrogens is 374 g/mol. The zero-order valence-corrected chi connectivity index (χ0v) is 16.8. The minimum atomic E-state index is -0.0292. The van der Waals surface area contributed by atoms with Crippen molar-refractivity contribution in [1.29, 1.82) is 0 Å². The molecule has 1 aromatic carbocycles. The number of aryl methyl sites for hydroxylation is 2. The first-order valence-electron chi connectivity index (χ1n) is 9.31. The number of nitrogens with one attached hydrogen (secondary N) is 1. The summed E-state index contributed by atoms with van der Waals surface area (Å²) in [7, 11) is 1.90. The van der Waals surface area contributed by atoms with Crippen LogP contribution in [-0.2, 0) is 11.8 Å². The van der Waals surface area contributed by atoms with E-state index in [1.54, 1.807) is 0 Å². The molecule has 3 heterocycles. The molecule has 0 radical (unpaired) electrons. The fourth-order valence-electron chi connectivity index (χ4n) is 3.50. The van der Waals surface area contributed by atoms with E-state index in [0.717, 1.165) is 26.5 Å². The topological polar surface area (TPSA) is 70.5 Å². The van der Waals surface area contributed by atoms with Crippen molar-refractivity contribution in [1.82, 2.24) is 19.6 Å². The molecular formula is C20H23N5O2S. The summed E-state index contributed by atoms with van der Waals surface area (Å²) in [6.07, 6.45) is 0. The average Bonchev–Trinajstić information content (AvgIpc) is 3.24. The smallest absolute Gasteiger partial charge is 0.264 e. The number of para-hydroxylation sites is 1. The highest BCUT2D eigenvalue weighted by Gasteiger charge is 2.25. The molecule has 0 spiro atoms. The maximum atomic E-state index is 12.9. The Labute approximate surface area is 167 Å². The fraction of sp³-hybridized carbons (Fsp3) is 0.350. The number of hydrogen-bond donors (Lipinski definition) is 1. The van der Waals surface area contributed by atoms with Crippen LogP contribution < -0.4 is 5.32 Å². The van der Waals surface area contributed by atoms with E-state index >= 15 is 0 Å². The average molecular weight is 398 g/mol. The molecule has 1 fully saturated rings. The molecule has 7 nitrogen and oxygen atoms in total. The Kier molecular flexibility index (Phi) is 5.15. The van der Waals surface area contributed by atoms with E-state index in [9.17, 15) is 9.59 Å². The quantitative estimate of drug-likeness (QED) is 0.734. The number of anilines is 1. The van der Waals surface area contributed by atoms with Crippen LogP contribution in [0.4, 0.5) is 5.69 Å². The lowest BCUT2D eigenvalue weighted by Gasteiger charge is -2.34. The molecule has 1 aliphatic rings. The lowest BCUT2D eigenvalue weighted by Crippen LogP contribution is -2.50. The van der Waals surface area contributed by atoms with Crippen LogP contribution in [0.2, 0.25) is 0 Å². The molecule has 0 aliphatic carbocycles. The molecule has 0 unspecified atom stereocenters. The van der Waals surface area contributed by atoms with Gasteiger partial charge in [0.15, 0.2) is 0 Å². The van der Waals surface area contributed by atoms with Crippen molar-refractivity contribution >= 4 is 39.1 Å². The number of thiophene rings is 1. The van der Waals surface area contributed by atoms with Crippen molar-refractivity contribution in [2.75, 3.05) is 38.0 Å². The van der Waals surface area contributed by atoms with Gasteiger partial charge in [0, 0.05) is 44.3 Å². The normalized spacial score (nSPS) is 15.1. The van der Waals surface area contributed by atoms with Gasteiger partial charge in [0.25, 0.3) is 5.91 Å². The number of carbonyl (C=O) groups is 2. The van der Waals surface area contributed by atoms with Crippen molar-refractivity contribution in [2.45, 2.75) is 6.92 Å². The lowest BCUT2D eigenvalue weighted by molar-refractivity contribution is -0.117. The van der Waals surface area contributed by atoms with Crippen molar-refractivity contribution in [3.8, 4) is 0 Å². The highest BCUT2D eigenvalue weighted by molar-refractivity contribution is 7.20. The van der Waals surface area contributed by atoms with Crippen molar-refractivity contribution in [2.24, 2.45) is 7.05 Å². The molecule has 4 rings (SSSR count). The minimum absolute atomic E-state index is 0.0292. The van der Waals surface area contributed by atoms with Gasteiger partial charge in [0.1, 0.15) is 4.83 Å². The number of nitrogens with zero attached hydrogens (tertiary/aromatic N) is 4. The van der Waals surface area contributed by atoms with Crippen LogP contribution in [0.15, 0.2) is 36.4 Å². The fourth-order valence-corrected chi connectivity index (χ4v) is 4.59. The number of benzene rings is 1. The first kappa shape index (κ1) is 18.6. The van der Waals surface area contributed by atoms with Crippen LogP contribution in [-0.4, -0.2) is 64.1 Å². The van der Waals surface area contributed by atoms with Crippen LogP contribution in [0.25, 0.3) is 10.2 Å². The second-order valence-electron chi connectivity index (χ2n) is 7.02. The van der Waals surface area contributed by atoms with Gasteiger partial charge >= 0.3 is 0 Å². The number of rotatable bonds is 4. The van der Waals surface area contributed by atoms with Crippen LogP contribution in [0.5, 0.6) is 0 Å². The largest absolute Gasteiger partial charge is 0.335 e. The summed E-state index contributed by atoms with van der Waals surface area (Å²) in [5.41, 5.74) is 1.75. The molecule has 28 heavy (non-hydrogen) atoms. The third kappa shape index (κ3) is 3.79. The van der Waals surface area contributed by atoms with Gasteiger partial charge in [-0.25, -0.2) is 0 Å². The summed E-state index contributed by atoms with van der Waals surface area (Å²) < 4.78 is 1.83. The van der Waals surface area contributed by atoms with E-state index in [-0.39, 0.29) is 11.8 Å². The van der Waals surface area contributed by atoms with Gasteiger partial charge in [-0.05, 0) is 25.1 Å². The first-order valence-corrected chi connectivity index (χ1v) is 10.1. The van der Waals surface area contributed by atoms with Crippen molar-refractivity contribution in [3.05, 3.63) is 47.0 Å². The predicted molar refractivity (Wildman–Crippen MR) is 111 cm³/mol. The van der Waals surface area contributed by atoms with Crippen LogP contribution >= 0.6 is 11.3 Å². The van der Waals surface area contributed by atoms with Crippen molar-refractivity contribution < 1.29 is 9.59 Å². The first-order chi connectivity index (χ1) is 13.5. The van der Waals surface area contributed by atoms with Gasteiger partial charge in [-0.1, -0.05) is 18.2 Å². The number of aromatic nitrogens is 2. The lowest BCUT2D eigenvalue weighted by atomic mass is 10.2. The molecule has 1 N–H and O–H groups in total. The van der Waals surface area contributed by atoms with Gasteiger partial charge in [-0.2, -0.15) is 5.10 Å². The molecule has 2 amide bonds. The number of hydrogen-bond acceptors (Lipinski definition) is 5. The van der Waals surface area contributed by atoms with Gasteiger partial charge in [0.05, 0.1) is 17.1 Å². The Bertz CT molecular complexity index is 968. The summed E-state index contributed by atoms with van der Waals surface area (Å²) in [4.78, 5) is 30.8. The Hall–Kier alpha value is -2.71. The molecule has 0 atom stereocenters. The summed E-state index contributed by atoms with van der Waals surface area (Å²) in [6, 6.07) is 11.4. The zero-order valence-electron chi connectivity index (χ0n) is 16.0. The summed E-state index contributed by atoms with van der Waals surface area (Å²) in [5, 5.41) is 8.34. The highest BCUT2D eigenvalue weighted by Crippen LogP contribution is 2.28. The maximum absolute atomic E-state index is 12.9. The monoisotopic (exact) mass is 397 g/mol. The summed E-state index contributed by atoms with van der Waals surface area (Å²) in [5.74, 6) is 0.0347. The highest BCUT2D eigenvalue weighted by atomic mass is 32.1. The minimum Gasteiger partial charge on any atom is -0.335 e. The number of amides is 2. The van der Waals surface area contributed by atoms with Crippen LogP contribution in [0, 0.1) is 6.92 Å². The van der Waals surface area contributed by atoms with E-state index in [0.29, 0.717) is 32.7 Å².